The first kappa shape index (κ1) is 16.3. The predicted octanol–water partition coefficient (Wildman–Crippen LogP) is 2.73. The Bertz CT molecular complexity index is 794. The second-order valence-corrected chi connectivity index (χ2v) is 7.85. The van der Waals surface area contributed by atoms with Crippen molar-refractivity contribution in [3.63, 3.8) is 0 Å². The van der Waals surface area contributed by atoms with Crippen molar-refractivity contribution in [2.24, 2.45) is 0 Å². The lowest BCUT2D eigenvalue weighted by Gasteiger charge is -2.39. The number of rotatable bonds is 2. The minimum atomic E-state index is -0.170. The smallest absolute Gasteiger partial charge is 0.265 e. The summed E-state index contributed by atoms with van der Waals surface area (Å²) in [6.07, 6.45) is 2.44. The van der Waals surface area contributed by atoms with Gasteiger partial charge in [-0.05, 0) is 31.7 Å². The lowest BCUT2D eigenvalue weighted by molar-refractivity contribution is -0.121. The molecule has 6 heteroatoms. The molecule has 5 nitrogen and oxygen atoms in total. The number of thiazole rings is 1. The molecule has 130 valence electrons. The molecule has 1 aromatic heterocycles. The van der Waals surface area contributed by atoms with Crippen molar-refractivity contribution in [2.45, 2.75) is 37.6 Å². The monoisotopic (exact) mass is 355 g/mol. The molecule has 2 amide bonds. The van der Waals surface area contributed by atoms with Crippen molar-refractivity contribution in [1.29, 1.82) is 0 Å². The first-order valence-corrected chi connectivity index (χ1v) is 9.52. The highest BCUT2D eigenvalue weighted by molar-refractivity contribution is 7.11. The number of amides is 2. The summed E-state index contributed by atoms with van der Waals surface area (Å²) < 4.78 is 0. The fourth-order valence-corrected chi connectivity index (χ4v) is 4.72. The minimum Gasteiger partial charge on any atom is -0.350 e. The Labute approximate surface area is 151 Å². The van der Waals surface area contributed by atoms with Gasteiger partial charge in [0.2, 0.25) is 5.91 Å². The van der Waals surface area contributed by atoms with Crippen molar-refractivity contribution < 1.29 is 9.59 Å². The van der Waals surface area contributed by atoms with Gasteiger partial charge in [0.05, 0.1) is 17.1 Å². The van der Waals surface area contributed by atoms with Gasteiger partial charge < -0.3 is 10.2 Å². The summed E-state index contributed by atoms with van der Waals surface area (Å²) in [4.78, 5) is 31.9. The van der Waals surface area contributed by atoms with Crippen LogP contribution >= 0.6 is 11.3 Å². The summed E-state index contributed by atoms with van der Waals surface area (Å²) in [5.41, 5.74) is 3.43. The number of hydrogen-bond acceptors (Lipinski definition) is 4. The van der Waals surface area contributed by atoms with Gasteiger partial charge >= 0.3 is 0 Å². The second-order valence-electron chi connectivity index (χ2n) is 7.00. The standard InChI is InChI=1S/C19H21N3O2S/c1-13-16(25-12-20-13)18(24)22-9-7-19(8-10-22)11-15(17(23)21-19)14-5-3-2-4-6-14/h2-6,12,15H,7-11H2,1H3,(H,21,23). The summed E-state index contributed by atoms with van der Waals surface area (Å²) in [6.45, 7) is 3.23. The van der Waals surface area contributed by atoms with E-state index in [-0.39, 0.29) is 23.3 Å². The molecule has 0 bridgehead atoms. The third-order valence-electron chi connectivity index (χ3n) is 5.45. The molecule has 1 aromatic carbocycles. The van der Waals surface area contributed by atoms with Crippen LogP contribution in [0.1, 0.15) is 46.1 Å². The number of benzene rings is 1. The van der Waals surface area contributed by atoms with Gasteiger partial charge in [-0.15, -0.1) is 11.3 Å². The number of piperidine rings is 1. The van der Waals surface area contributed by atoms with E-state index >= 15 is 0 Å². The molecule has 25 heavy (non-hydrogen) atoms. The van der Waals surface area contributed by atoms with Crippen molar-refractivity contribution in [3.05, 3.63) is 52.0 Å². The first-order chi connectivity index (χ1) is 12.1. The van der Waals surface area contributed by atoms with Crippen LogP contribution in [0.15, 0.2) is 35.8 Å². The summed E-state index contributed by atoms with van der Waals surface area (Å²) in [7, 11) is 0. The second kappa shape index (κ2) is 6.26. The molecule has 2 fully saturated rings. The number of aryl methyl sites for hydroxylation is 1. The van der Waals surface area contributed by atoms with Crippen LogP contribution in [-0.4, -0.2) is 40.3 Å². The Morgan fingerprint density at radius 1 is 1.28 bits per heavy atom. The molecule has 4 rings (SSSR count). The average molecular weight is 355 g/mol. The molecule has 2 aliphatic rings. The lowest BCUT2D eigenvalue weighted by atomic mass is 9.82. The summed E-state index contributed by atoms with van der Waals surface area (Å²) in [6, 6.07) is 9.97. The molecule has 0 radical (unpaired) electrons. The normalized spacial score (nSPS) is 22.2. The Morgan fingerprint density at radius 2 is 2.00 bits per heavy atom. The van der Waals surface area contributed by atoms with E-state index in [0.29, 0.717) is 13.1 Å². The zero-order valence-corrected chi connectivity index (χ0v) is 15.0. The van der Waals surface area contributed by atoms with Gasteiger partial charge in [0.15, 0.2) is 0 Å². The fraction of sp³-hybridized carbons (Fsp3) is 0.421. The number of likely N-dealkylation sites (tertiary alicyclic amines) is 1. The number of hydrogen-bond donors (Lipinski definition) is 1. The quantitative estimate of drug-likeness (QED) is 0.901. The van der Waals surface area contributed by atoms with E-state index in [4.69, 9.17) is 0 Å². The van der Waals surface area contributed by atoms with Gasteiger partial charge in [0, 0.05) is 18.6 Å². The maximum Gasteiger partial charge on any atom is 0.265 e. The molecule has 0 aliphatic carbocycles. The molecule has 1 atom stereocenters. The van der Waals surface area contributed by atoms with Crippen LogP contribution in [0, 0.1) is 6.92 Å². The molecule has 2 aliphatic heterocycles. The molecule has 3 heterocycles. The van der Waals surface area contributed by atoms with Crippen LogP contribution in [-0.2, 0) is 4.79 Å². The van der Waals surface area contributed by atoms with E-state index in [9.17, 15) is 9.59 Å². The molecular formula is C19H21N3O2S. The maximum absolute atomic E-state index is 12.6. The Balaban J connectivity index is 1.44. The molecule has 2 aromatic rings. The Morgan fingerprint density at radius 3 is 2.64 bits per heavy atom. The van der Waals surface area contributed by atoms with Gasteiger partial charge in [0.25, 0.3) is 5.91 Å². The van der Waals surface area contributed by atoms with Crippen molar-refractivity contribution in [3.8, 4) is 0 Å². The van der Waals surface area contributed by atoms with Gasteiger partial charge in [-0.25, -0.2) is 4.98 Å². The van der Waals surface area contributed by atoms with E-state index in [0.717, 1.165) is 35.4 Å². The highest BCUT2D eigenvalue weighted by Crippen LogP contribution is 2.39. The zero-order valence-electron chi connectivity index (χ0n) is 14.2. The SMILES string of the molecule is Cc1ncsc1C(=O)N1CCC2(CC1)CC(c1ccccc1)C(=O)N2. The molecule has 1 N–H and O–H groups in total. The third-order valence-corrected chi connectivity index (χ3v) is 6.37. The maximum atomic E-state index is 12.6. The zero-order chi connectivity index (χ0) is 17.4. The fourth-order valence-electron chi connectivity index (χ4n) is 3.96. The molecule has 0 saturated carbocycles. The molecular weight excluding hydrogens is 334 g/mol. The van der Waals surface area contributed by atoms with Crippen molar-refractivity contribution in [2.75, 3.05) is 13.1 Å². The Kier molecular flexibility index (Phi) is 4.07. The van der Waals surface area contributed by atoms with Gasteiger partial charge in [-0.1, -0.05) is 30.3 Å². The van der Waals surface area contributed by atoms with Crippen molar-refractivity contribution in [1.82, 2.24) is 15.2 Å². The minimum absolute atomic E-state index is 0.0683. The number of carbonyl (C=O) groups is 2. The number of carbonyl (C=O) groups excluding carboxylic acids is 2. The summed E-state index contributed by atoms with van der Waals surface area (Å²) in [5, 5.41) is 3.24. The molecule has 2 saturated heterocycles. The summed E-state index contributed by atoms with van der Waals surface area (Å²) >= 11 is 1.40. The van der Waals surface area contributed by atoms with E-state index < -0.39 is 0 Å². The van der Waals surface area contributed by atoms with Crippen LogP contribution in [0.4, 0.5) is 0 Å². The highest BCUT2D eigenvalue weighted by Gasteiger charge is 2.46. The third kappa shape index (κ3) is 2.95. The summed E-state index contributed by atoms with van der Waals surface area (Å²) in [5.74, 6) is 0.107. The highest BCUT2D eigenvalue weighted by atomic mass is 32.1. The van der Waals surface area contributed by atoms with E-state index in [2.05, 4.69) is 10.3 Å². The van der Waals surface area contributed by atoms with E-state index in [1.54, 1.807) is 5.51 Å². The van der Waals surface area contributed by atoms with Gasteiger partial charge in [-0.3, -0.25) is 9.59 Å². The van der Waals surface area contributed by atoms with Crippen LogP contribution in [0.2, 0.25) is 0 Å². The van der Waals surface area contributed by atoms with Crippen LogP contribution in [0.5, 0.6) is 0 Å². The average Bonchev–Trinajstić information content (AvgIpc) is 3.19. The number of nitrogens with zero attached hydrogens (tertiary/aromatic N) is 2. The van der Waals surface area contributed by atoms with E-state index in [1.165, 1.54) is 11.3 Å². The topological polar surface area (TPSA) is 62.3 Å². The molecule has 1 spiro atoms. The van der Waals surface area contributed by atoms with Gasteiger partial charge in [-0.2, -0.15) is 0 Å². The largest absolute Gasteiger partial charge is 0.350 e. The van der Waals surface area contributed by atoms with Crippen LogP contribution in [0.3, 0.4) is 0 Å². The first-order valence-electron chi connectivity index (χ1n) is 8.64. The van der Waals surface area contributed by atoms with Gasteiger partial charge in [0.1, 0.15) is 4.88 Å². The van der Waals surface area contributed by atoms with Crippen molar-refractivity contribution >= 4 is 23.2 Å². The number of nitrogens with one attached hydrogen (secondary N) is 1. The Hall–Kier alpha value is -2.21. The van der Waals surface area contributed by atoms with E-state index in [1.807, 2.05) is 42.2 Å². The van der Waals surface area contributed by atoms with Crippen LogP contribution < -0.4 is 5.32 Å². The number of aromatic nitrogens is 1. The lowest BCUT2D eigenvalue weighted by Crippen LogP contribution is -2.52. The van der Waals surface area contributed by atoms with Crippen LogP contribution in [0.25, 0.3) is 0 Å². The predicted molar refractivity (Wildman–Crippen MR) is 96.7 cm³/mol. The molecule has 1 unspecified atom stereocenters.